The number of allylic oxidation sites excluding steroid dienone is 1. The van der Waals surface area contributed by atoms with E-state index >= 15 is 0 Å². The number of carbonyl (C=O) groups is 1. The topological polar surface area (TPSA) is 73.8 Å². The van der Waals surface area contributed by atoms with Crippen LogP contribution in [-0.4, -0.2) is 17.1 Å². The second kappa shape index (κ2) is 9.31. The minimum absolute atomic E-state index is 0.219. The van der Waals surface area contributed by atoms with Gasteiger partial charge < -0.3 is 9.15 Å². The number of rotatable bonds is 5. The Kier molecular flexibility index (Phi) is 6.05. The lowest BCUT2D eigenvalue weighted by Gasteiger charge is -2.24. The van der Waals surface area contributed by atoms with Crippen LogP contribution in [0.4, 0.5) is 4.39 Å². The van der Waals surface area contributed by atoms with E-state index in [0.717, 1.165) is 11.1 Å². The van der Waals surface area contributed by atoms with Crippen LogP contribution in [0, 0.1) is 5.82 Å². The van der Waals surface area contributed by atoms with Crippen molar-refractivity contribution in [2.75, 3.05) is 6.61 Å². The lowest BCUT2D eigenvalue weighted by Crippen LogP contribution is -2.39. The van der Waals surface area contributed by atoms with Gasteiger partial charge in [-0.2, -0.15) is 0 Å². The van der Waals surface area contributed by atoms with Gasteiger partial charge in [0, 0.05) is 11.6 Å². The fourth-order valence-electron chi connectivity index (χ4n) is 4.07. The van der Waals surface area contributed by atoms with E-state index in [0.29, 0.717) is 32.1 Å². The van der Waals surface area contributed by atoms with E-state index in [1.54, 1.807) is 44.2 Å². The second-order valence-corrected chi connectivity index (χ2v) is 8.93. The highest BCUT2D eigenvalue weighted by molar-refractivity contribution is 7.07. The van der Waals surface area contributed by atoms with Gasteiger partial charge in [-0.3, -0.25) is 9.36 Å². The molecule has 0 bridgehead atoms. The normalized spacial score (nSPS) is 15.6. The maximum absolute atomic E-state index is 13.6. The van der Waals surface area contributed by atoms with Gasteiger partial charge in [-0.1, -0.05) is 41.7 Å². The van der Waals surface area contributed by atoms with E-state index in [1.165, 1.54) is 28.0 Å². The van der Waals surface area contributed by atoms with Crippen LogP contribution in [0.3, 0.4) is 0 Å². The molecule has 5 rings (SSSR count). The Hall–Kier alpha value is -4.04. The van der Waals surface area contributed by atoms with Crippen molar-refractivity contribution in [2.45, 2.75) is 19.9 Å². The standard InChI is InChI=1S/C27H21FN2O4S/c1-3-33-26(32)23-16(2)29-27-30(24(23)18-7-5-4-6-8-18)25(31)22(35-27)15-20-13-14-21(34-20)17-9-11-19(28)12-10-17/h4-15,24H,3H2,1-2H3/b22-15-/t24-/m0/s1. The Morgan fingerprint density at radius 2 is 1.89 bits per heavy atom. The van der Waals surface area contributed by atoms with Crippen LogP contribution in [0.1, 0.15) is 31.2 Å². The van der Waals surface area contributed by atoms with Crippen molar-refractivity contribution in [3.05, 3.63) is 115 Å². The smallest absolute Gasteiger partial charge is 0.338 e. The van der Waals surface area contributed by atoms with Crippen LogP contribution in [0.25, 0.3) is 17.4 Å². The van der Waals surface area contributed by atoms with Gasteiger partial charge in [0.05, 0.1) is 28.5 Å². The third kappa shape index (κ3) is 4.28. The summed E-state index contributed by atoms with van der Waals surface area (Å²) < 4.78 is 26.4. The number of ether oxygens (including phenoxy) is 1. The lowest BCUT2D eigenvalue weighted by atomic mass is 9.96. The predicted octanol–water partition coefficient (Wildman–Crippen LogP) is 4.20. The van der Waals surface area contributed by atoms with Crippen molar-refractivity contribution in [3.63, 3.8) is 0 Å². The van der Waals surface area contributed by atoms with E-state index in [1.807, 2.05) is 30.3 Å². The molecular weight excluding hydrogens is 467 g/mol. The Morgan fingerprint density at radius 1 is 1.14 bits per heavy atom. The molecule has 0 aliphatic carbocycles. The fraction of sp³-hybridized carbons (Fsp3) is 0.148. The lowest BCUT2D eigenvalue weighted by molar-refractivity contribution is -0.139. The van der Waals surface area contributed by atoms with Crippen molar-refractivity contribution in [1.29, 1.82) is 0 Å². The number of esters is 1. The third-order valence-electron chi connectivity index (χ3n) is 5.66. The van der Waals surface area contributed by atoms with E-state index in [2.05, 4.69) is 4.99 Å². The summed E-state index contributed by atoms with van der Waals surface area (Å²) in [5.74, 6) is 0.220. The van der Waals surface area contributed by atoms with Gasteiger partial charge in [0.15, 0.2) is 4.80 Å². The molecule has 4 aromatic rings. The average molecular weight is 489 g/mol. The predicted molar refractivity (Wildman–Crippen MR) is 131 cm³/mol. The zero-order chi connectivity index (χ0) is 24.5. The van der Waals surface area contributed by atoms with Gasteiger partial charge in [-0.05, 0) is 55.8 Å². The minimum atomic E-state index is -0.653. The third-order valence-corrected chi connectivity index (χ3v) is 6.64. The minimum Gasteiger partial charge on any atom is -0.463 e. The number of aromatic nitrogens is 1. The molecule has 2 aromatic heterocycles. The molecule has 0 unspecified atom stereocenters. The van der Waals surface area contributed by atoms with Crippen LogP contribution in [-0.2, 0) is 9.53 Å². The number of furan rings is 1. The average Bonchev–Trinajstić information content (AvgIpc) is 3.44. The summed E-state index contributed by atoms with van der Waals surface area (Å²) in [6.07, 6.45) is 1.66. The molecule has 1 aliphatic rings. The summed E-state index contributed by atoms with van der Waals surface area (Å²) in [5, 5.41) is 0. The molecule has 6 nitrogen and oxygen atoms in total. The molecule has 35 heavy (non-hydrogen) atoms. The molecule has 0 amide bonds. The number of nitrogens with zero attached hydrogens (tertiary/aromatic N) is 2. The van der Waals surface area contributed by atoms with Gasteiger partial charge in [-0.15, -0.1) is 0 Å². The molecule has 0 saturated carbocycles. The van der Waals surface area contributed by atoms with Crippen molar-refractivity contribution in [2.24, 2.45) is 4.99 Å². The van der Waals surface area contributed by atoms with Crippen LogP contribution in [0.2, 0.25) is 0 Å². The molecule has 0 radical (unpaired) electrons. The quantitative estimate of drug-likeness (QED) is 0.395. The molecule has 1 aliphatic heterocycles. The van der Waals surface area contributed by atoms with E-state index in [4.69, 9.17) is 9.15 Å². The zero-order valence-electron chi connectivity index (χ0n) is 19.0. The summed E-state index contributed by atoms with van der Waals surface area (Å²) >= 11 is 1.23. The molecule has 1 atom stereocenters. The first kappa shape index (κ1) is 22.7. The zero-order valence-corrected chi connectivity index (χ0v) is 19.8. The summed E-state index contributed by atoms with van der Waals surface area (Å²) in [6, 6.07) is 18.2. The largest absolute Gasteiger partial charge is 0.463 e. The first-order valence-electron chi connectivity index (χ1n) is 11.1. The highest BCUT2D eigenvalue weighted by atomic mass is 32.1. The van der Waals surface area contributed by atoms with Gasteiger partial charge >= 0.3 is 5.97 Å². The van der Waals surface area contributed by atoms with Gasteiger partial charge in [-0.25, -0.2) is 14.2 Å². The molecule has 3 heterocycles. The van der Waals surface area contributed by atoms with Crippen LogP contribution in [0.5, 0.6) is 0 Å². The summed E-state index contributed by atoms with van der Waals surface area (Å²) in [4.78, 5) is 31.5. The number of thiazole rings is 1. The maximum Gasteiger partial charge on any atom is 0.338 e. The molecule has 0 spiro atoms. The maximum atomic E-state index is 13.6. The van der Waals surface area contributed by atoms with Gasteiger partial charge in [0.2, 0.25) is 0 Å². The molecular formula is C27H21FN2O4S. The highest BCUT2D eigenvalue weighted by Crippen LogP contribution is 2.30. The van der Waals surface area contributed by atoms with E-state index in [-0.39, 0.29) is 18.0 Å². The number of carbonyl (C=O) groups excluding carboxylic acids is 1. The molecule has 0 saturated heterocycles. The molecule has 0 fully saturated rings. The van der Waals surface area contributed by atoms with Crippen LogP contribution in [0.15, 0.2) is 92.2 Å². The number of benzene rings is 2. The van der Waals surface area contributed by atoms with Gasteiger partial charge in [0.1, 0.15) is 17.3 Å². The fourth-order valence-corrected chi connectivity index (χ4v) is 5.10. The van der Waals surface area contributed by atoms with Crippen molar-refractivity contribution in [1.82, 2.24) is 4.57 Å². The van der Waals surface area contributed by atoms with Crippen molar-refractivity contribution in [3.8, 4) is 11.3 Å². The number of hydrogen-bond donors (Lipinski definition) is 0. The molecule has 0 N–H and O–H groups in total. The van der Waals surface area contributed by atoms with Crippen molar-refractivity contribution >= 4 is 23.4 Å². The first-order chi connectivity index (χ1) is 17.0. The second-order valence-electron chi connectivity index (χ2n) is 7.92. The number of fused-ring (bicyclic) bond motifs is 1. The highest BCUT2D eigenvalue weighted by Gasteiger charge is 2.33. The van der Waals surface area contributed by atoms with E-state index < -0.39 is 12.0 Å². The summed E-state index contributed by atoms with van der Waals surface area (Å²) in [5.41, 5.74) is 2.09. The Balaban J connectivity index is 1.62. The monoisotopic (exact) mass is 488 g/mol. The Bertz CT molecular complexity index is 1610. The SMILES string of the molecule is CCOC(=O)C1=C(C)N=c2s/c(=C\c3ccc(-c4ccc(F)cc4)o3)c(=O)n2[C@H]1c1ccccc1. The number of hydrogen-bond acceptors (Lipinski definition) is 6. The number of halogens is 1. The van der Waals surface area contributed by atoms with Gasteiger partial charge in [0.25, 0.3) is 5.56 Å². The Morgan fingerprint density at radius 3 is 2.60 bits per heavy atom. The summed E-state index contributed by atoms with van der Waals surface area (Å²) in [7, 11) is 0. The Labute approximate surface area is 203 Å². The van der Waals surface area contributed by atoms with Crippen LogP contribution < -0.4 is 14.9 Å². The summed E-state index contributed by atoms with van der Waals surface area (Å²) in [6.45, 7) is 3.71. The molecule has 8 heteroatoms. The van der Waals surface area contributed by atoms with Crippen molar-refractivity contribution < 1.29 is 18.3 Å². The molecule has 2 aromatic carbocycles. The van der Waals surface area contributed by atoms with Crippen LogP contribution >= 0.6 is 11.3 Å². The van der Waals surface area contributed by atoms with E-state index in [9.17, 15) is 14.0 Å². The first-order valence-corrected chi connectivity index (χ1v) is 11.9. The molecule has 176 valence electrons.